The molecule has 1 N–H and O–H groups in total. The third-order valence-corrected chi connectivity index (χ3v) is 4.75. The topological polar surface area (TPSA) is 52.2 Å². The minimum atomic E-state index is 0.0381. The summed E-state index contributed by atoms with van der Waals surface area (Å²) in [6.07, 6.45) is 2.58. The Hall–Kier alpha value is -2.66. The van der Waals surface area contributed by atoms with Crippen molar-refractivity contribution in [2.24, 2.45) is 0 Å². The lowest BCUT2D eigenvalue weighted by Gasteiger charge is -2.37. The number of aromatic amines is 1. The Morgan fingerprint density at radius 1 is 1.25 bits per heavy atom. The largest absolute Gasteiger partial charge is 0.345 e. The standard InChI is InChI=1S/C19H20N4O/c1-22(2)17-9-10-23(18-6-4-3-5-14(17)18)19(24)13-7-8-15-16(11-13)21-12-20-15/h3-8,11-12,17H,9-10H2,1-2H3,(H,20,21). The third kappa shape index (κ3) is 2.37. The van der Waals surface area contributed by atoms with Gasteiger partial charge in [-0.2, -0.15) is 0 Å². The monoisotopic (exact) mass is 320 g/mol. The fourth-order valence-corrected chi connectivity index (χ4v) is 3.51. The Morgan fingerprint density at radius 2 is 2.08 bits per heavy atom. The van der Waals surface area contributed by atoms with Crippen molar-refractivity contribution in [2.45, 2.75) is 12.5 Å². The number of fused-ring (bicyclic) bond motifs is 2. The van der Waals surface area contributed by atoms with Crippen LogP contribution in [-0.4, -0.2) is 41.4 Å². The highest BCUT2D eigenvalue weighted by atomic mass is 16.2. The molecule has 0 spiro atoms. The summed E-state index contributed by atoms with van der Waals surface area (Å²) in [6, 6.07) is 14.2. The molecule has 1 aliphatic heterocycles. The first-order valence-corrected chi connectivity index (χ1v) is 8.15. The summed E-state index contributed by atoms with van der Waals surface area (Å²) in [6.45, 7) is 0.722. The predicted octanol–water partition coefficient (Wildman–Crippen LogP) is 3.22. The van der Waals surface area contributed by atoms with Gasteiger partial charge < -0.3 is 14.8 Å². The number of hydrogen-bond acceptors (Lipinski definition) is 3. The van der Waals surface area contributed by atoms with Gasteiger partial charge in [0.1, 0.15) is 0 Å². The van der Waals surface area contributed by atoms with Crippen LogP contribution in [0.15, 0.2) is 48.8 Å². The molecule has 5 nitrogen and oxygen atoms in total. The van der Waals surface area contributed by atoms with Crippen LogP contribution < -0.4 is 4.90 Å². The molecule has 1 aliphatic rings. The first-order valence-electron chi connectivity index (χ1n) is 8.15. The molecular formula is C19H20N4O. The van der Waals surface area contributed by atoms with Crippen molar-refractivity contribution < 1.29 is 4.79 Å². The van der Waals surface area contributed by atoms with Gasteiger partial charge in [0.2, 0.25) is 0 Å². The molecule has 1 unspecified atom stereocenters. The molecule has 0 saturated heterocycles. The second kappa shape index (κ2) is 5.76. The van der Waals surface area contributed by atoms with Crippen molar-refractivity contribution >= 4 is 22.6 Å². The molecule has 5 heteroatoms. The fraction of sp³-hybridized carbons (Fsp3) is 0.263. The smallest absolute Gasteiger partial charge is 0.258 e. The molecule has 0 bridgehead atoms. The average molecular weight is 320 g/mol. The molecule has 2 heterocycles. The van der Waals surface area contributed by atoms with E-state index in [2.05, 4.69) is 35.0 Å². The molecular weight excluding hydrogens is 300 g/mol. The summed E-state index contributed by atoms with van der Waals surface area (Å²) < 4.78 is 0. The summed E-state index contributed by atoms with van der Waals surface area (Å²) >= 11 is 0. The first-order chi connectivity index (χ1) is 11.6. The zero-order valence-corrected chi connectivity index (χ0v) is 13.9. The fourth-order valence-electron chi connectivity index (χ4n) is 3.51. The Labute approximate surface area is 140 Å². The zero-order chi connectivity index (χ0) is 16.7. The molecule has 1 aromatic heterocycles. The molecule has 0 saturated carbocycles. The Kier molecular flexibility index (Phi) is 3.58. The Bertz CT molecular complexity index is 899. The highest BCUT2D eigenvalue weighted by Crippen LogP contribution is 2.36. The van der Waals surface area contributed by atoms with Crippen molar-refractivity contribution in [3.05, 3.63) is 59.9 Å². The van der Waals surface area contributed by atoms with Gasteiger partial charge >= 0.3 is 0 Å². The van der Waals surface area contributed by atoms with E-state index >= 15 is 0 Å². The van der Waals surface area contributed by atoms with E-state index in [0.717, 1.165) is 29.7 Å². The van der Waals surface area contributed by atoms with Crippen LogP contribution in [0.3, 0.4) is 0 Å². The van der Waals surface area contributed by atoms with Crippen molar-refractivity contribution in [2.75, 3.05) is 25.5 Å². The highest BCUT2D eigenvalue weighted by molar-refractivity contribution is 6.08. The molecule has 122 valence electrons. The number of carbonyl (C=O) groups is 1. The predicted molar refractivity (Wildman–Crippen MR) is 95.3 cm³/mol. The lowest BCUT2D eigenvalue weighted by atomic mass is 9.95. The van der Waals surface area contributed by atoms with Crippen LogP contribution in [0.2, 0.25) is 0 Å². The molecule has 4 rings (SSSR count). The molecule has 1 atom stereocenters. The zero-order valence-electron chi connectivity index (χ0n) is 13.9. The van der Waals surface area contributed by atoms with Gasteiger partial charge in [0, 0.05) is 23.8 Å². The number of hydrogen-bond donors (Lipinski definition) is 1. The van der Waals surface area contributed by atoms with Crippen LogP contribution in [0, 0.1) is 0 Å². The normalized spacial score (nSPS) is 17.3. The molecule has 2 aromatic carbocycles. The number of amides is 1. The molecule has 24 heavy (non-hydrogen) atoms. The van der Waals surface area contributed by atoms with Gasteiger partial charge in [-0.15, -0.1) is 0 Å². The number of nitrogens with one attached hydrogen (secondary N) is 1. The van der Waals surface area contributed by atoms with Crippen molar-refractivity contribution in [1.82, 2.24) is 14.9 Å². The van der Waals surface area contributed by atoms with Gasteiger partial charge in [0.05, 0.1) is 17.4 Å². The maximum atomic E-state index is 13.1. The number of carbonyl (C=O) groups excluding carboxylic acids is 1. The lowest BCUT2D eigenvalue weighted by molar-refractivity contribution is 0.0980. The number of para-hydroxylation sites is 1. The number of aromatic nitrogens is 2. The Balaban J connectivity index is 1.73. The van der Waals surface area contributed by atoms with Gasteiger partial charge in [-0.25, -0.2) is 4.98 Å². The van der Waals surface area contributed by atoms with E-state index in [4.69, 9.17) is 0 Å². The number of imidazole rings is 1. The van der Waals surface area contributed by atoms with E-state index in [1.54, 1.807) is 6.33 Å². The minimum Gasteiger partial charge on any atom is -0.345 e. The van der Waals surface area contributed by atoms with Gasteiger partial charge in [0.15, 0.2) is 0 Å². The van der Waals surface area contributed by atoms with Crippen LogP contribution in [0.1, 0.15) is 28.4 Å². The number of benzene rings is 2. The second-order valence-corrected chi connectivity index (χ2v) is 6.42. The maximum Gasteiger partial charge on any atom is 0.258 e. The molecule has 1 amide bonds. The van der Waals surface area contributed by atoms with Crippen molar-refractivity contribution in [3.63, 3.8) is 0 Å². The van der Waals surface area contributed by atoms with Gasteiger partial charge in [-0.05, 0) is 50.3 Å². The molecule has 3 aromatic rings. The van der Waals surface area contributed by atoms with Gasteiger partial charge in [-0.3, -0.25) is 4.79 Å². The Morgan fingerprint density at radius 3 is 2.92 bits per heavy atom. The SMILES string of the molecule is CN(C)C1CCN(C(=O)c2ccc3nc[nH]c3c2)c2ccccc21. The van der Waals surface area contributed by atoms with Crippen LogP contribution >= 0.6 is 0 Å². The number of nitrogens with zero attached hydrogens (tertiary/aromatic N) is 3. The number of anilines is 1. The third-order valence-electron chi connectivity index (χ3n) is 4.75. The van der Waals surface area contributed by atoms with Crippen LogP contribution in [-0.2, 0) is 0 Å². The van der Waals surface area contributed by atoms with Crippen LogP contribution in [0.4, 0.5) is 5.69 Å². The van der Waals surface area contributed by atoms with Crippen LogP contribution in [0.25, 0.3) is 11.0 Å². The van der Waals surface area contributed by atoms with E-state index in [1.165, 1.54) is 5.56 Å². The van der Waals surface area contributed by atoms with Gasteiger partial charge in [-0.1, -0.05) is 18.2 Å². The second-order valence-electron chi connectivity index (χ2n) is 6.42. The summed E-state index contributed by atoms with van der Waals surface area (Å²) in [5, 5.41) is 0. The summed E-state index contributed by atoms with van der Waals surface area (Å²) in [5.74, 6) is 0.0381. The van der Waals surface area contributed by atoms with E-state index in [-0.39, 0.29) is 5.91 Å². The average Bonchev–Trinajstić information content (AvgIpc) is 3.07. The quantitative estimate of drug-likeness (QED) is 0.789. The number of rotatable bonds is 2. The molecule has 0 aliphatic carbocycles. The van der Waals surface area contributed by atoms with Crippen LogP contribution in [0.5, 0.6) is 0 Å². The minimum absolute atomic E-state index is 0.0381. The summed E-state index contributed by atoms with van der Waals surface area (Å²) in [7, 11) is 4.18. The lowest BCUT2D eigenvalue weighted by Crippen LogP contribution is -2.39. The molecule has 0 fully saturated rings. The molecule has 0 radical (unpaired) electrons. The number of H-pyrrole nitrogens is 1. The van der Waals surface area contributed by atoms with E-state index < -0.39 is 0 Å². The van der Waals surface area contributed by atoms with Crippen molar-refractivity contribution in [1.29, 1.82) is 0 Å². The van der Waals surface area contributed by atoms with E-state index in [9.17, 15) is 4.79 Å². The maximum absolute atomic E-state index is 13.1. The summed E-state index contributed by atoms with van der Waals surface area (Å²) in [5.41, 5.74) is 4.67. The first kappa shape index (κ1) is 14.9. The van der Waals surface area contributed by atoms with Crippen molar-refractivity contribution in [3.8, 4) is 0 Å². The van der Waals surface area contributed by atoms with E-state index in [1.807, 2.05) is 41.3 Å². The highest BCUT2D eigenvalue weighted by Gasteiger charge is 2.30. The van der Waals surface area contributed by atoms with E-state index in [0.29, 0.717) is 11.6 Å². The van der Waals surface area contributed by atoms with Gasteiger partial charge in [0.25, 0.3) is 5.91 Å². The summed E-state index contributed by atoms with van der Waals surface area (Å²) in [4.78, 5) is 24.5.